The maximum atomic E-state index is 8.65. The van der Waals surface area contributed by atoms with E-state index in [1.165, 1.54) is 43.9 Å². The molecule has 1 aliphatic rings. The lowest BCUT2D eigenvalue weighted by Crippen LogP contribution is -2.07. The summed E-state index contributed by atoms with van der Waals surface area (Å²) in [6.07, 6.45) is 7.14. The van der Waals surface area contributed by atoms with Crippen LogP contribution in [0, 0.1) is 11.3 Å². The van der Waals surface area contributed by atoms with Gasteiger partial charge in [-0.05, 0) is 12.8 Å². The van der Waals surface area contributed by atoms with Crippen LogP contribution in [0.5, 0.6) is 0 Å². The Bertz CT molecular complexity index is 201. The number of hydrogen-bond donors (Lipinski definition) is 1. The zero-order valence-corrected chi connectivity index (χ0v) is 7.81. The minimum absolute atomic E-state index is 0.446. The Morgan fingerprint density at radius 1 is 1.42 bits per heavy atom. The summed E-state index contributed by atoms with van der Waals surface area (Å²) in [4.78, 5) is 0.446. The van der Waals surface area contributed by atoms with E-state index in [0.29, 0.717) is 10.2 Å². The molecule has 66 valence electrons. The van der Waals surface area contributed by atoms with Crippen LogP contribution in [0.4, 0.5) is 0 Å². The van der Waals surface area contributed by atoms with Crippen LogP contribution in [0.15, 0.2) is 11.2 Å². The van der Waals surface area contributed by atoms with Gasteiger partial charge in [-0.3, -0.25) is 0 Å². The van der Waals surface area contributed by atoms with E-state index < -0.39 is 0 Å². The molecule has 3 heteroatoms. The Morgan fingerprint density at radius 3 is 2.58 bits per heavy atom. The van der Waals surface area contributed by atoms with Crippen molar-refractivity contribution in [1.29, 1.82) is 5.26 Å². The summed E-state index contributed by atoms with van der Waals surface area (Å²) in [5, 5.41) is 17.8. The lowest BCUT2D eigenvalue weighted by Gasteiger charge is -2.19. The van der Waals surface area contributed by atoms with Crippen LogP contribution in [-0.4, -0.2) is 10.4 Å². The van der Waals surface area contributed by atoms with Crippen LogP contribution in [0.25, 0.3) is 0 Å². The highest BCUT2D eigenvalue weighted by Gasteiger charge is 2.15. The van der Waals surface area contributed by atoms with Gasteiger partial charge in [0.05, 0.1) is 0 Å². The first-order chi connectivity index (χ1) is 5.86. The van der Waals surface area contributed by atoms with Crippen LogP contribution < -0.4 is 0 Å². The third kappa shape index (κ3) is 2.78. The van der Waals surface area contributed by atoms with Crippen molar-refractivity contribution in [1.82, 2.24) is 0 Å². The molecule has 1 rings (SSSR count). The first-order valence-electron chi connectivity index (χ1n) is 4.28. The van der Waals surface area contributed by atoms with Crippen molar-refractivity contribution in [2.45, 2.75) is 37.4 Å². The molecule has 2 nitrogen and oxygen atoms in total. The molecule has 1 saturated carbocycles. The fourth-order valence-electron chi connectivity index (χ4n) is 1.45. The monoisotopic (exact) mass is 183 g/mol. The van der Waals surface area contributed by atoms with E-state index in [2.05, 4.69) is 0 Å². The summed E-state index contributed by atoms with van der Waals surface area (Å²) in [6, 6.07) is 1.97. The quantitative estimate of drug-likeness (QED) is 0.528. The van der Waals surface area contributed by atoms with Crippen molar-refractivity contribution < 1.29 is 5.11 Å². The van der Waals surface area contributed by atoms with E-state index in [0.717, 1.165) is 6.26 Å². The molecule has 0 spiro atoms. The zero-order valence-electron chi connectivity index (χ0n) is 6.99. The standard InChI is InChI=1S/C9H13NOS/c10-6-9(7-11)12-8-4-2-1-3-5-8/h7-8,11H,1-5H2. The molecule has 0 saturated heterocycles. The summed E-state index contributed by atoms with van der Waals surface area (Å²) in [6.45, 7) is 0. The summed E-state index contributed by atoms with van der Waals surface area (Å²) in [5.74, 6) is 0. The lowest BCUT2D eigenvalue weighted by molar-refractivity contribution is 0.472. The predicted octanol–water partition coefficient (Wildman–Crippen LogP) is 2.98. The van der Waals surface area contributed by atoms with Crippen molar-refractivity contribution in [3.8, 4) is 6.07 Å². The molecule has 0 unspecified atom stereocenters. The van der Waals surface area contributed by atoms with Crippen LogP contribution >= 0.6 is 11.8 Å². The molecule has 0 radical (unpaired) electrons. The van der Waals surface area contributed by atoms with Gasteiger partial charge >= 0.3 is 0 Å². The largest absolute Gasteiger partial charge is 0.514 e. The van der Waals surface area contributed by atoms with Gasteiger partial charge in [-0.2, -0.15) is 5.26 Å². The molecule has 0 aromatic rings. The second kappa shape index (κ2) is 5.10. The first-order valence-corrected chi connectivity index (χ1v) is 5.16. The van der Waals surface area contributed by atoms with Crippen molar-refractivity contribution in [2.24, 2.45) is 0 Å². The molecule has 0 aliphatic heterocycles. The Hall–Kier alpha value is -0.620. The van der Waals surface area contributed by atoms with Gasteiger partial charge in [0.1, 0.15) is 17.2 Å². The van der Waals surface area contributed by atoms with E-state index in [1.807, 2.05) is 6.07 Å². The van der Waals surface area contributed by atoms with E-state index in [1.54, 1.807) is 0 Å². The molecule has 1 fully saturated rings. The van der Waals surface area contributed by atoms with Gasteiger partial charge in [-0.1, -0.05) is 19.3 Å². The maximum absolute atomic E-state index is 8.65. The molecular formula is C9H13NOS. The number of nitrogens with zero attached hydrogens (tertiary/aromatic N) is 1. The third-order valence-corrected chi connectivity index (χ3v) is 3.33. The highest BCUT2D eigenvalue weighted by Crippen LogP contribution is 2.32. The van der Waals surface area contributed by atoms with Gasteiger partial charge in [-0.25, -0.2) is 0 Å². The highest BCUT2D eigenvalue weighted by atomic mass is 32.2. The number of rotatable bonds is 2. The summed E-state index contributed by atoms with van der Waals surface area (Å²) < 4.78 is 0. The van der Waals surface area contributed by atoms with Crippen molar-refractivity contribution in [2.75, 3.05) is 0 Å². The van der Waals surface area contributed by atoms with E-state index in [9.17, 15) is 0 Å². The van der Waals surface area contributed by atoms with E-state index in [-0.39, 0.29) is 0 Å². The van der Waals surface area contributed by atoms with Crippen LogP contribution in [0.2, 0.25) is 0 Å². The molecule has 0 atom stereocenters. The Morgan fingerprint density at radius 2 is 2.08 bits per heavy atom. The molecule has 0 amide bonds. The van der Waals surface area contributed by atoms with Gasteiger partial charge in [0.15, 0.2) is 0 Å². The minimum Gasteiger partial charge on any atom is -0.514 e. The van der Waals surface area contributed by atoms with E-state index >= 15 is 0 Å². The number of nitriles is 1. The molecule has 0 bridgehead atoms. The first kappa shape index (κ1) is 9.47. The van der Waals surface area contributed by atoms with Gasteiger partial charge in [0, 0.05) is 5.25 Å². The molecule has 1 aliphatic carbocycles. The maximum Gasteiger partial charge on any atom is 0.119 e. The Labute approximate surface area is 77.3 Å². The number of aliphatic hydroxyl groups is 1. The van der Waals surface area contributed by atoms with Crippen molar-refractivity contribution in [3.05, 3.63) is 11.2 Å². The van der Waals surface area contributed by atoms with Gasteiger partial charge in [0.2, 0.25) is 0 Å². The number of allylic oxidation sites excluding steroid dienone is 1. The molecule has 1 N–H and O–H groups in total. The second-order valence-electron chi connectivity index (χ2n) is 2.98. The average molecular weight is 183 g/mol. The topological polar surface area (TPSA) is 44.0 Å². The summed E-state index contributed by atoms with van der Waals surface area (Å²) in [5.41, 5.74) is 0. The molecular weight excluding hydrogens is 170 g/mol. The Kier molecular flexibility index (Phi) is 4.02. The summed E-state index contributed by atoms with van der Waals surface area (Å²) >= 11 is 1.52. The minimum atomic E-state index is 0.446. The second-order valence-corrected chi connectivity index (χ2v) is 4.33. The molecule has 0 aromatic heterocycles. The smallest absolute Gasteiger partial charge is 0.119 e. The Balaban J connectivity index is 2.34. The fourth-order valence-corrected chi connectivity index (χ4v) is 2.49. The van der Waals surface area contributed by atoms with Crippen LogP contribution in [-0.2, 0) is 0 Å². The number of hydrogen-bond acceptors (Lipinski definition) is 3. The van der Waals surface area contributed by atoms with E-state index in [4.69, 9.17) is 10.4 Å². The van der Waals surface area contributed by atoms with Gasteiger partial charge < -0.3 is 5.11 Å². The normalized spacial score (nSPS) is 20.4. The lowest BCUT2D eigenvalue weighted by atomic mass is 10.0. The number of aliphatic hydroxyl groups excluding tert-OH is 1. The summed E-state index contributed by atoms with van der Waals surface area (Å²) in [7, 11) is 0. The fraction of sp³-hybridized carbons (Fsp3) is 0.667. The third-order valence-electron chi connectivity index (χ3n) is 2.07. The molecule has 12 heavy (non-hydrogen) atoms. The SMILES string of the molecule is N#CC(=CO)SC1CCCCC1. The van der Waals surface area contributed by atoms with Crippen molar-refractivity contribution >= 4 is 11.8 Å². The van der Waals surface area contributed by atoms with Crippen LogP contribution in [0.1, 0.15) is 32.1 Å². The number of thioether (sulfide) groups is 1. The van der Waals surface area contributed by atoms with Gasteiger partial charge in [-0.15, -0.1) is 11.8 Å². The predicted molar refractivity (Wildman–Crippen MR) is 50.8 cm³/mol. The molecule has 0 heterocycles. The van der Waals surface area contributed by atoms with Crippen LogP contribution in [0.3, 0.4) is 0 Å². The zero-order chi connectivity index (χ0) is 8.81. The highest BCUT2D eigenvalue weighted by molar-refractivity contribution is 8.03. The van der Waals surface area contributed by atoms with Crippen molar-refractivity contribution in [3.63, 3.8) is 0 Å². The average Bonchev–Trinajstić information content (AvgIpc) is 2.16. The van der Waals surface area contributed by atoms with Gasteiger partial charge in [0.25, 0.3) is 0 Å². The molecule has 0 aromatic carbocycles.